The molecule has 0 unspecified atom stereocenters. The summed E-state index contributed by atoms with van der Waals surface area (Å²) in [7, 11) is 0. The second-order valence-corrected chi connectivity index (χ2v) is 3.85. The van der Waals surface area contributed by atoms with Crippen molar-refractivity contribution in [3.63, 3.8) is 0 Å². The van der Waals surface area contributed by atoms with Crippen molar-refractivity contribution in [2.45, 2.75) is 38.3 Å². The van der Waals surface area contributed by atoms with Gasteiger partial charge in [-0.05, 0) is 25.8 Å². The molecule has 0 bridgehead atoms. The average molecular weight is 165 g/mol. The Hall–Kier alpha value is -0.830. The quantitative estimate of drug-likeness (QED) is 0.717. The van der Waals surface area contributed by atoms with Gasteiger partial charge in [-0.25, -0.2) is 0 Å². The molecule has 1 aliphatic carbocycles. The summed E-state index contributed by atoms with van der Waals surface area (Å²) in [5.74, 6) is 0.581. The summed E-state index contributed by atoms with van der Waals surface area (Å²) in [4.78, 5) is 0. The maximum Gasteiger partial charge on any atom is 0.0525 e. The molecule has 2 rings (SSSR count). The molecule has 1 heterocycles. The van der Waals surface area contributed by atoms with Crippen LogP contribution in [-0.2, 0) is 0 Å². The van der Waals surface area contributed by atoms with Crippen LogP contribution in [0.4, 0.5) is 0 Å². The largest absolute Gasteiger partial charge is 0.327 e. The van der Waals surface area contributed by atoms with E-state index in [1.165, 1.54) is 5.56 Å². The molecule has 0 aromatic carbocycles. The smallest absolute Gasteiger partial charge is 0.0525 e. The van der Waals surface area contributed by atoms with E-state index < -0.39 is 0 Å². The van der Waals surface area contributed by atoms with Crippen molar-refractivity contribution in [1.82, 2.24) is 9.78 Å². The normalized spacial score (nSPS) is 28.0. The summed E-state index contributed by atoms with van der Waals surface area (Å²) in [6.07, 6.45) is 5.18. The van der Waals surface area contributed by atoms with Crippen molar-refractivity contribution >= 4 is 0 Å². The zero-order valence-corrected chi connectivity index (χ0v) is 7.57. The molecule has 2 atom stereocenters. The number of hydrogen-bond donors (Lipinski definition) is 1. The zero-order chi connectivity index (χ0) is 8.72. The molecule has 66 valence electrons. The van der Waals surface area contributed by atoms with Gasteiger partial charge in [-0.3, -0.25) is 4.68 Å². The van der Waals surface area contributed by atoms with E-state index >= 15 is 0 Å². The molecule has 1 aromatic heterocycles. The molecule has 1 aromatic rings. The van der Waals surface area contributed by atoms with E-state index in [9.17, 15) is 0 Å². The Kier molecular flexibility index (Phi) is 1.68. The summed E-state index contributed by atoms with van der Waals surface area (Å²) in [6, 6.07) is 0.837. The van der Waals surface area contributed by atoms with E-state index in [0.717, 1.165) is 6.42 Å². The van der Waals surface area contributed by atoms with E-state index in [-0.39, 0.29) is 0 Å². The van der Waals surface area contributed by atoms with Crippen LogP contribution in [0.15, 0.2) is 12.4 Å². The third-order valence-corrected chi connectivity index (χ3v) is 2.42. The molecule has 1 saturated carbocycles. The van der Waals surface area contributed by atoms with E-state index in [2.05, 4.69) is 25.1 Å². The molecule has 0 radical (unpaired) electrons. The average Bonchev–Trinajstić information content (AvgIpc) is 2.59. The van der Waals surface area contributed by atoms with Crippen LogP contribution in [0.25, 0.3) is 0 Å². The SMILES string of the molecule is CC(C)n1cc([C@H]2C[C@H]2N)cn1. The first-order chi connectivity index (χ1) is 5.68. The predicted octanol–water partition coefficient (Wildman–Crippen LogP) is 1.28. The van der Waals surface area contributed by atoms with Crippen molar-refractivity contribution in [1.29, 1.82) is 0 Å². The van der Waals surface area contributed by atoms with Crippen LogP contribution in [-0.4, -0.2) is 15.8 Å². The van der Waals surface area contributed by atoms with Crippen LogP contribution >= 0.6 is 0 Å². The van der Waals surface area contributed by atoms with Crippen LogP contribution < -0.4 is 5.73 Å². The maximum atomic E-state index is 5.75. The van der Waals surface area contributed by atoms with Crippen molar-refractivity contribution in [3.05, 3.63) is 18.0 Å². The number of nitrogens with two attached hydrogens (primary N) is 1. The molecule has 0 spiro atoms. The van der Waals surface area contributed by atoms with E-state index in [4.69, 9.17) is 5.73 Å². The van der Waals surface area contributed by atoms with Gasteiger partial charge in [0.2, 0.25) is 0 Å². The van der Waals surface area contributed by atoms with Gasteiger partial charge in [0.25, 0.3) is 0 Å². The lowest BCUT2D eigenvalue weighted by Crippen LogP contribution is -2.01. The summed E-state index contributed by atoms with van der Waals surface area (Å²) in [6.45, 7) is 4.26. The van der Waals surface area contributed by atoms with Crippen LogP contribution in [0.2, 0.25) is 0 Å². The Morgan fingerprint density at radius 1 is 1.67 bits per heavy atom. The van der Waals surface area contributed by atoms with Crippen LogP contribution in [0.5, 0.6) is 0 Å². The highest BCUT2D eigenvalue weighted by atomic mass is 15.3. The third kappa shape index (κ3) is 1.25. The van der Waals surface area contributed by atoms with Gasteiger partial charge in [0.15, 0.2) is 0 Å². The number of hydrogen-bond acceptors (Lipinski definition) is 2. The van der Waals surface area contributed by atoms with Gasteiger partial charge >= 0.3 is 0 Å². The maximum absolute atomic E-state index is 5.75. The highest BCUT2D eigenvalue weighted by Gasteiger charge is 2.35. The van der Waals surface area contributed by atoms with Crippen LogP contribution in [0.1, 0.15) is 37.8 Å². The lowest BCUT2D eigenvalue weighted by atomic mass is 10.2. The molecule has 12 heavy (non-hydrogen) atoms. The first-order valence-corrected chi connectivity index (χ1v) is 4.48. The predicted molar refractivity (Wildman–Crippen MR) is 47.9 cm³/mol. The highest BCUT2D eigenvalue weighted by molar-refractivity contribution is 5.22. The van der Waals surface area contributed by atoms with Crippen LogP contribution in [0.3, 0.4) is 0 Å². The van der Waals surface area contributed by atoms with Crippen molar-refractivity contribution in [3.8, 4) is 0 Å². The molecule has 2 N–H and O–H groups in total. The highest BCUT2D eigenvalue weighted by Crippen LogP contribution is 2.38. The van der Waals surface area contributed by atoms with Gasteiger partial charge in [0.05, 0.1) is 6.20 Å². The molecule has 0 aliphatic heterocycles. The Labute approximate surface area is 72.6 Å². The number of rotatable bonds is 2. The van der Waals surface area contributed by atoms with E-state index in [0.29, 0.717) is 18.0 Å². The van der Waals surface area contributed by atoms with Gasteiger partial charge in [-0.1, -0.05) is 0 Å². The van der Waals surface area contributed by atoms with Gasteiger partial charge in [-0.2, -0.15) is 5.10 Å². The lowest BCUT2D eigenvalue weighted by molar-refractivity contribution is 0.532. The topological polar surface area (TPSA) is 43.8 Å². The van der Waals surface area contributed by atoms with Gasteiger partial charge in [-0.15, -0.1) is 0 Å². The first kappa shape index (κ1) is 7.80. The summed E-state index contributed by atoms with van der Waals surface area (Å²) >= 11 is 0. The lowest BCUT2D eigenvalue weighted by Gasteiger charge is -2.02. The zero-order valence-electron chi connectivity index (χ0n) is 7.57. The minimum Gasteiger partial charge on any atom is -0.327 e. The van der Waals surface area contributed by atoms with E-state index in [1.807, 2.05) is 10.9 Å². The van der Waals surface area contributed by atoms with Gasteiger partial charge in [0, 0.05) is 24.2 Å². The fourth-order valence-electron chi connectivity index (χ4n) is 1.42. The Morgan fingerprint density at radius 2 is 2.33 bits per heavy atom. The molecule has 1 fully saturated rings. The van der Waals surface area contributed by atoms with Crippen molar-refractivity contribution in [2.75, 3.05) is 0 Å². The number of aromatic nitrogens is 2. The Balaban J connectivity index is 2.14. The first-order valence-electron chi connectivity index (χ1n) is 4.48. The van der Waals surface area contributed by atoms with Gasteiger partial charge < -0.3 is 5.73 Å². The summed E-state index contributed by atoms with van der Waals surface area (Å²) < 4.78 is 1.99. The molecule has 3 heteroatoms. The molecule has 1 aliphatic rings. The second-order valence-electron chi connectivity index (χ2n) is 3.85. The minimum absolute atomic E-state index is 0.384. The summed E-state index contributed by atoms with van der Waals surface area (Å²) in [5.41, 5.74) is 7.05. The molecular formula is C9H15N3. The third-order valence-electron chi connectivity index (χ3n) is 2.42. The monoisotopic (exact) mass is 165 g/mol. The summed E-state index contributed by atoms with van der Waals surface area (Å²) in [5, 5.41) is 4.27. The fourth-order valence-corrected chi connectivity index (χ4v) is 1.42. The van der Waals surface area contributed by atoms with Gasteiger partial charge in [0.1, 0.15) is 0 Å². The number of nitrogens with zero attached hydrogens (tertiary/aromatic N) is 2. The van der Waals surface area contributed by atoms with E-state index in [1.54, 1.807) is 0 Å². The standard InChI is InChI=1S/C9H15N3/c1-6(2)12-5-7(4-11-12)8-3-9(8)10/h4-6,8-9H,3,10H2,1-2H3/t8-,9-/m1/s1. The van der Waals surface area contributed by atoms with Crippen LogP contribution in [0, 0.1) is 0 Å². The van der Waals surface area contributed by atoms with Crippen molar-refractivity contribution in [2.24, 2.45) is 5.73 Å². The fraction of sp³-hybridized carbons (Fsp3) is 0.667. The second kappa shape index (κ2) is 2.59. The molecule has 0 saturated heterocycles. The minimum atomic E-state index is 0.384. The molecular weight excluding hydrogens is 150 g/mol. The molecule has 0 amide bonds. The Bertz CT molecular complexity index is 277. The van der Waals surface area contributed by atoms with Crippen molar-refractivity contribution < 1.29 is 0 Å². The molecule has 3 nitrogen and oxygen atoms in total. The Morgan fingerprint density at radius 3 is 2.75 bits per heavy atom.